The topological polar surface area (TPSA) is 128 Å². The summed E-state index contributed by atoms with van der Waals surface area (Å²) in [6.07, 6.45) is 5.81. The molecule has 0 amide bonds. The van der Waals surface area contributed by atoms with Crippen molar-refractivity contribution in [2.24, 2.45) is 11.7 Å². The third-order valence-electron chi connectivity index (χ3n) is 8.91. The summed E-state index contributed by atoms with van der Waals surface area (Å²) in [6, 6.07) is 27.0. The number of fused-ring (bicyclic) bond motifs is 3. The fraction of sp³-hybridized carbons (Fsp3) is 0.324. The van der Waals surface area contributed by atoms with E-state index in [4.69, 9.17) is 17.2 Å². The molecule has 0 bridgehead atoms. The fourth-order valence-electron chi connectivity index (χ4n) is 7.01. The minimum Gasteiger partial charge on any atom is -0.508 e. The van der Waals surface area contributed by atoms with Crippen molar-refractivity contribution in [2.75, 3.05) is 18.0 Å². The number of hydrogen-bond donors (Lipinski definition) is 5. The third kappa shape index (κ3) is 5.35. The van der Waals surface area contributed by atoms with E-state index in [0.717, 1.165) is 22.1 Å². The Balaban J connectivity index is 1.31. The Hall–Kier alpha value is -4.07. The van der Waals surface area contributed by atoms with Gasteiger partial charge in [-0.3, -0.25) is 4.40 Å². The van der Waals surface area contributed by atoms with Crippen molar-refractivity contribution < 1.29 is 5.11 Å². The Bertz CT molecular complexity index is 1640. The molecule has 7 nitrogen and oxygen atoms in total. The normalized spacial score (nSPS) is 16.3. The van der Waals surface area contributed by atoms with Crippen molar-refractivity contribution >= 4 is 28.2 Å². The van der Waals surface area contributed by atoms with Gasteiger partial charge in [-0.25, -0.2) is 4.98 Å². The maximum Gasteiger partial charge on any atom is 0.145 e. The van der Waals surface area contributed by atoms with Crippen molar-refractivity contribution in [1.82, 2.24) is 14.7 Å². The molecule has 41 heavy (non-hydrogen) atoms. The van der Waals surface area contributed by atoms with Gasteiger partial charge in [0.2, 0.25) is 0 Å². The van der Waals surface area contributed by atoms with Gasteiger partial charge in [0.05, 0.1) is 5.52 Å². The maximum atomic E-state index is 10.2. The van der Waals surface area contributed by atoms with Crippen LogP contribution in [0.3, 0.4) is 0 Å². The smallest absolute Gasteiger partial charge is 0.145 e. The van der Waals surface area contributed by atoms with Crippen molar-refractivity contribution in [2.45, 2.75) is 57.0 Å². The van der Waals surface area contributed by atoms with Crippen LogP contribution in [-0.2, 0) is 6.42 Å². The molecule has 8 N–H and O–H groups in total. The van der Waals surface area contributed by atoms with E-state index in [1.807, 2.05) is 16.5 Å². The highest BCUT2D eigenvalue weighted by atomic mass is 16.3. The average molecular weight is 549 g/mol. The highest BCUT2D eigenvalue weighted by Crippen LogP contribution is 2.40. The molecule has 3 atom stereocenters. The molecule has 3 aromatic carbocycles. The van der Waals surface area contributed by atoms with Gasteiger partial charge in [0.15, 0.2) is 0 Å². The van der Waals surface area contributed by atoms with Crippen LogP contribution in [0.2, 0.25) is 0 Å². The first-order chi connectivity index (χ1) is 19.9. The molecule has 0 radical (unpaired) electrons. The second-order valence-corrected chi connectivity index (χ2v) is 11.6. The number of benzene rings is 3. The molecule has 7 heteroatoms. The standard InChI is InChI=1S/C34H40N6O/c1-21(38-29(20-35)23-7-3-2-4-8-23)33(24-9-5-6-10-24)25-13-11-22(12-14-25)17-28-27-16-15-26(41)18-30(27)40-32(37)19-31(36)39-34(28)40/h2-4,7-8,11-16,18-19,21,24,29,33,38,41H,5-6,9-10,17,20,35,37H2,1H3,(H2,36,39)/t21?,29-,33?/m0/s1. The van der Waals surface area contributed by atoms with Crippen LogP contribution in [-0.4, -0.2) is 27.1 Å². The molecule has 2 aromatic heterocycles. The highest BCUT2D eigenvalue weighted by Gasteiger charge is 2.32. The van der Waals surface area contributed by atoms with Crippen molar-refractivity contribution in [3.63, 3.8) is 0 Å². The lowest BCUT2D eigenvalue weighted by Crippen LogP contribution is -2.40. The lowest BCUT2D eigenvalue weighted by molar-refractivity contribution is 0.320. The van der Waals surface area contributed by atoms with Crippen molar-refractivity contribution in [3.05, 3.63) is 101 Å². The number of phenols is 1. The van der Waals surface area contributed by atoms with Gasteiger partial charge in [-0.05, 0) is 54.5 Å². The SMILES string of the molecule is CC(N[C@@H](CN)c1ccccc1)C(c1ccc(Cc2c3ccc(O)cc3n3c(N)cc(N)nc23)cc1)C1CCCC1. The number of nitrogens with one attached hydrogen (secondary N) is 1. The summed E-state index contributed by atoms with van der Waals surface area (Å²) in [5, 5.41) is 15.1. The summed E-state index contributed by atoms with van der Waals surface area (Å²) in [7, 11) is 0. The van der Waals surface area contributed by atoms with E-state index >= 15 is 0 Å². The molecule has 0 spiro atoms. The van der Waals surface area contributed by atoms with Gasteiger partial charge in [-0.2, -0.15) is 0 Å². The molecule has 1 fully saturated rings. The minimum atomic E-state index is 0.123. The molecule has 2 heterocycles. The third-order valence-corrected chi connectivity index (χ3v) is 8.91. The van der Waals surface area contributed by atoms with Crippen LogP contribution >= 0.6 is 0 Å². The number of phenolic OH excluding ortho intramolecular Hbond substituents is 1. The summed E-state index contributed by atoms with van der Waals surface area (Å²) in [5.74, 6) is 2.13. The Labute approximate surface area is 241 Å². The first-order valence-corrected chi connectivity index (χ1v) is 14.7. The number of nitrogens with zero attached hydrogens (tertiary/aromatic N) is 2. The van der Waals surface area contributed by atoms with Gasteiger partial charge in [0, 0.05) is 54.0 Å². The quantitative estimate of drug-likeness (QED) is 0.156. The summed E-state index contributed by atoms with van der Waals surface area (Å²) in [6.45, 7) is 2.88. The summed E-state index contributed by atoms with van der Waals surface area (Å²) in [4.78, 5) is 4.64. The summed E-state index contributed by atoms with van der Waals surface area (Å²) < 4.78 is 1.87. The van der Waals surface area contributed by atoms with Gasteiger partial charge < -0.3 is 27.6 Å². The van der Waals surface area contributed by atoms with Crippen molar-refractivity contribution in [3.8, 4) is 5.75 Å². The summed E-state index contributed by atoms with van der Waals surface area (Å²) in [5.41, 5.74) is 25.1. The number of nitrogens with two attached hydrogens (primary N) is 3. The van der Waals surface area contributed by atoms with Crippen LogP contribution in [0.4, 0.5) is 11.6 Å². The van der Waals surface area contributed by atoms with Crippen molar-refractivity contribution in [1.29, 1.82) is 0 Å². The van der Waals surface area contributed by atoms with Gasteiger partial charge in [0.25, 0.3) is 0 Å². The van der Waals surface area contributed by atoms with Crippen LogP contribution in [0, 0.1) is 5.92 Å². The largest absolute Gasteiger partial charge is 0.508 e. The van der Waals surface area contributed by atoms with E-state index in [-0.39, 0.29) is 17.8 Å². The maximum absolute atomic E-state index is 10.2. The molecule has 1 aliphatic rings. The van der Waals surface area contributed by atoms with Gasteiger partial charge in [0.1, 0.15) is 23.0 Å². The molecule has 0 aliphatic heterocycles. The molecular formula is C34H40N6O. The van der Waals surface area contributed by atoms with Gasteiger partial charge in [-0.15, -0.1) is 0 Å². The van der Waals surface area contributed by atoms with Gasteiger partial charge >= 0.3 is 0 Å². The first kappa shape index (κ1) is 27.1. The fourth-order valence-corrected chi connectivity index (χ4v) is 7.01. The number of nitrogen functional groups attached to an aromatic ring is 2. The van der Waals surface area contributed by atoms with Crippen LogP contribution in [0.15, 0.2) is 78.9 Å². The second kappa shape index (κ2) is 11.4. The van der Waals surface area contributed by atoms with E-state index in [1.165, 1.54) is 42.4 Å². The summed E-state index contributed by atoms with van der Waals surface area (Å²) >= 11 is 0. The lowest BCUT2D eigenvalue weighted by atomic mass is 9.79. The van der Waals surface area contributed by atoms with E-state index in [9.17, 15) is 5.11 Å². The first-order valence-electron chi connectivity index (χ1n) is 14.7. The van der Waals surface area contributed by atoms with E-state index < -0.39 is 0 Å². The number of rotatable bonds is 9. The van der Waals surface area contributed by atoms with E-state index in [1.54, 1.807) is 18.2 Å². The molecular weight excluding hydrogens is 508 g/mol. The van der Waals surface area contributed by atoms with E-state index in [0.29, 0.717) is 36.4 Å². The Kier molecular flexibility index (Phi) is 7.56. The van der Waals surface area contributed by atoms with Crippen LogP contribution < -0.4 is 22.5 Å². The molecule has 2 unspecified atom stereocenters. The second-order valence-electron chi connectivity index (χ2n) is 11.6. The Morgan fingerprint density at radius 2 is 1.68 bits per heavy atom. The van der Waals surface area contributed by atoms with E-state index in [2.05, 4.69) is 65.8 Å². The average Bonchev–Trinajstić information content (AvgIpc) is 3.60. The molecule has 6 rings (SSSR count). The number of hydrogen-bond acceptors (Lipinski definition) is 6. The van der Waals surface area contributed by atoms with Crippen LogP contribution in [0.5, 0.6) is 5.75 Å². The van der Waals surface area contributed by atoms with Crippen LogP contribution in [0.25, 0.3) is 16.6 Å². The minimum absolute atomic E-state index is 0.123. The predicted molar refractivity (Wildman–Crippen MR) is 168 cm³/mol. The monoisotopic (exact) mass is 548 g/mol. The molecule has 0 saturated heterocycles. The zero-order valence-corrected chi connectivity index (χ0v) is 23.6. The zero-order chi connectivity index (χ0) is 28.5. The molecule has 212 valence electrons. The number of anilines is 2. The molecule has 1 saturated carbocycles. The highest BCUT2D eigenvalue weighted by molar-refractivity contribution is 5.94. The number of aromatic hydroxyl groups is 1. The van der Waals surface area contributed by atoms with Crippen LogP contribution in [0.1, 0.15) is 66.8 Å². The van der Waals surface area contributed by atoms with Gasteiger partial charge in [-0.1, -0.05) is 67.4 Å². The lowest BCUT2D eigenvalue weighted by Gasteiger charge is -2.33. The molecule has 1 aliphatic carbocycles. The zero-order valence-electron chi connectivity index (χ0n) is 23.6. The molecule has 5 aromatic rings. The predicted octanol–water partition coefficient (Wildman–Crippen LogP) is 5.90. The number of aromatic nitrogens is 2. The Morgan fingerprint density at radius 3 is 2.39 bits per heavy atom. The Morgan fingerprint density at radius 1 is 0.951 bits per heavy atom.